The van der Waals surface area contributed by atoms with E-state index in [9.17, 15) is 5.11 Å². The van der Waals surface area contributed by atoms with Crippen molar-refractivity contribution < 1.29 is 5.11 Å². The van der Waals surface area contributed by atoms with E-state index in [4.69, 9.17) is 0 Å². The van der Waals surface area contributed by atoms with Crippen LogP contribution in [-0.2, 0) is 6.54 Å². The van der Waals surface area contributed by atoms with Crippen LogP contribution in [0, 0.1) is 5.92 Å². The predicted octanol–water partition coefficient (Wildman–Crippen LogP) is 2.12. The molecule has 1 aromatic carbocycles. The summed E-state index contributed by atoms with van der Waals surface area (Å²) in [5.41, 5.74) is 2.34. The molecule has 0 aliphatic heterocycles. The van der Waals surface area contributed by atoms with Crippen molar-refractivity contribution >= 4 is 0 Å². The van der Waals surface area contributed by atoms with Crippen molar-refractivity contribution in [1.29, 1.82) is 0 Å². The minimum Gasteiger partial charge on any atom is -0.396 e. The molecule has 1 aromatic heterocycles. The van der Waals surface area contributed by atoms with E-state index in [0.29, 0.717) is 18.6 Å². The van der Waals surface area contributed by atoms with Crippen molar-refractivity contribution in [3.63, 3.8) is 0 Å². The second kappa shape index (κ2) is 6.20. The van der Waals surface area contributed by atoms with Gasteiger partial charge in [0, 0.05) is 31.6 Å². The van der Waals surface area contributed by atoms with Gasteiger partial charge < -0.3 is 10.4 Å². The van der Waals surface area contributed by atoms with Gasteiger partial charge in [0.1, 0.15) is 0 Å². The Hall–Kier alpha value is -1.65. The molecular formula is C16H21N3O. The summed E-state index contributed by atoms with van der Waals surface area (Å²) >= 11 is 0. The molecule has 0 saturated heterocycles. The highest BCUT2D eigenvalue weighted by Crippen LogP contribution is 2.25. The highest BCUT2D eigenvalue weighted by atomic mass is 16.3. The first kappa shape index (κ1) is 13.3. The van der Waals surface area contributed by atoms with Gasteiger partial charge in [-0.05, 0) is 42.5 Å². The molecule has 1 aliphatic rings. The first-order valence-electron chi connectivity index (χ1n) is 7.30. The van der Waals surface area contributed by atoms with Crippen molar-refractivity contribution in [1.82, 2.24) is 15.1 Å². The maximum Gasteiger partial charge on any atom is 0.0645 e. The van der Waals surface area contributed by atoms with Gasteiger partial charge in [-0.2, -0.15) is 5.10 Å². The van der Waals surface area contributed by atoms with Crippen molar-refractivity contribution in [2.24, 2.45) is 5.92 Å². The monoisotopic (exact) mass is 271 g/mol. The molecule has 1 aliphatic carbocycles. The summed E-state index contributed by atoms with van der Waals surface area (Å²) in [6.07, 6.45) is 7.27. The van der Waals surface area contributed by atoms with Crippen LogP contribution >= 0.6 is 0 Å². The number of aliphatic hydroxyl groups is 1. The number of nitrogens with one attached hydrogen (secondary N) is 1. The number of hydrogen-bond acceptors (Lipinski definition) is 3. The first-order valence-corrected chi connectivity index (χ1v) is 7.30. The summed E-state index contributed by atoms with van der Waals surface area (Å²) in [4.78, 5) is 0. The quantitative estimate of drug-likeness (QED) is 0.876. The van der Waals surface area contributed by atoms with E-state index in [1.807, 2.05) is 16.9 Å². The lowest BCUT2D eigenvalue weighted by molar-refractivity contribution is 0.205. The topological polar surface area (TPSA) is 50.1 Å². The standard InChI is InChI=1S/C16H21N3O/c20-12-14-3-1-4-16(14)17-11-13-5-7-15(8-6-13)19-10-2-9-18-19/h2,5-10,14,16-17,20H,1,3-4,11-12H2. The summed E-state index contributed by atoms with van der Waals surface area (Å²) in [5, 5.41) is 17.1. The molecule has 2 unspecified atom stereocenters. The Morgan fingerprint density at radius 1 is 1.25 bits per heavy atom. The molecule has 4 heteroatoms. The van der Waals surface area contributed by atoms with Crippen LogP contribution in [0.3, 0.4) is 0 Å². The van der Waals surface area contributed by atoms with Crippen LogP contribution in [0.2, 0.25) is 0 Å². The smallest absolute Gasteiger partial charge is 0.0645 e. The lowest BCUT2D eigenvalue weighted by Crippen LogP contribution is -2.33. The summed E-state index contributed by atoms with van der Waals surface area (Å²) in [5.74, 6) is 0.429. The fraction of sp³-hybridized carbons (Fsp3) is 0.438. The van der Waals surface area contributed by atoms with Gasteiger partial charge in [0.05, 0.1) is 5.69 Å². The number of aliphatic hydroxyl groups excluding tert-OH is 1. The largest absolute Gasteiger partial charge is 0.396 e. The van der Waals surface area contributed by atoms with E-state index in [2.05, 4.69) is 34.7 Å². The molecular weight excluding hydrogens is 250 g/mol. The van der Waals surface area contributed by atoms with E-state index < -0.39 is 0 Å². The second-order valence-corrected chi connectivity index (χ2v) is 5.48. The van der Waals surface area contributed by atoms with Crippen LogP contribution in [0.1, 0.15) is 24.8 Å². The molecule has 2 aromatic rings. The normalized spacial score (nSPS) is 22.2. The summed E-state index contributed by atoms with van der Waals surface area (Å²) < 4.78 is 1.86. The molecule has 1 heterocycles. The predicted molar refractivity (Wildman–Crippen MR) is 78.6 cm³/mol. The minimum atomic E-state index is 0.301. The van der Waals surface area contributed by atoms with E-state index in [1.165, 1.54) is 18.4 Å². The summed E-state index contributed by atoms with van der Waals surface area (Å²) in [7, 11) is 0. The average Bonchev–Trinajstić information content (AvgIpc) is 3.16. The van der Waals surface area contributed by atoms with Gasteiger partial charge in [-0.25, -0.2) is 4.68 Å². The highest BCUT2D eigenvalue weighted by molar-refractivity contribution is 5.33. The molecule has 1 fully saturated rings. The summed E-state index contributed by atoms with van der Waals surface area (Å²) in [6.45, 7) is 1.16. The van der Waals surface area contributed by atoms with Crippen LogP contribution in [-0.4, -0.2) is 27.5 Å². The van der Waals surface area contributed by atoms with Crippen LogP contribution in [0.15, 0.2) is 42.7 Å². The van der Waals surface area contributed by atoms with Crippen LogP contribution < -0.4 is 5.32 Å². The Bertz CT molecular complexity index is 521. The summed E-state index contributed by atoms with van der Waals surface area (Å²) in [6, 6.07) is 10.8. The molecule has 0 radical (unpaired) electrons. The molecule has 2 atom stereocenters. The Morgan fingerprint density at radius 3 is 2.80 bits per heavy atom. The van der Waals surface area contributed by atoms with E-state index in [-0.39, 0.29) is 0 Å². The van der Waals surface area contributed by atoms with Crippen molar-refractivity contribution in [2.45, 2.75) is 31.8 Å². The Kier molecular flexibility index (Phi) is 4.14. The highest BCUT2D eigenvalue weighted by Gasteiger charge is 2.25. The van der Waals surface area contributed by atoms with E-state index in [0.717, 1.165) is 18.7 Å². The SMILES string of the molecule is OCC1CCCC1NCc1ccc(-n2cccn2)cc1. The first-order chi connectivity index (χ1) is 9.86. The van der Waals surface area contributed by atoms with Crippen LogP contribution in [0.25, 0.3) is 5.69 Å². The third-order valence-electron chi connectivity index (χ3n) is 4.17. The van der Waals surface area contributed by atoms with Gasteiger partial charge in [0.25, 0.3) is 0 Å². The van der Waals surface area contributed by atoms with Crippen molar-refractivity contribution in [3.8, 4) is 5.69 Å². The molecule has 106 valence electrons. The second-order valence-electron chi connectivity index (χ2n) is 5.48. The van der Waals surface area contributed by atoms with Gasteiger partial charge in [0.15, 0.2) is 0 Å². The number of nitrogens with zero attached hydrogens (tertiary/aromatic N) is 2. The maximum atomic E-state index is 9.33. The lowest BCUT2D eigenvalue weighted by atomic mass is 10.0. The van der Waals surface area contributed by atoms with Gasteiger partial charge in [-0.3, -0.25) is 0 Å². The van der Waals surface area contributed by atoms with Gasteiger partial charge in [-0.1, -0.05) is 18.6 Å². The number of aromatic nitrogens is 2. The van der Waals surface area contributed by atoms with Crippen molar-refractivity contribution in [2.75, 3.05) is 6.61 Å². The molecule has 2 N–H and O–H groups in total. The Labute approximate surface area is 119 Å². The zero-order valence-electron chi connectivity index (χ0n) is 11.6. The molecule has 20 heavy (non-hydrogen) atoms. The average molecular weight is 271 g/mol. The number of benzene rings is 1. The zero-order chi connectivity index (χ0) is 13.8. The fourth-order valence-electron chi connectivity index (χ4n) is 2.96. The Balaban J connectivity index is 1.58. The molecule has 1 saturated carbocycles. The maximum absolute atomic E-state index is 9.33. The zero-order valence-corrected chi connectivity index (χ0v) is 11.6. The fourth-order valence-corrected chi connectivity index (χ4v) is 2.96. The molecule has 0 bridgehead atoms. The third kappa shape index (κ3) is 2.92. The van der Waals surface area contributed by atoms with Gasteiger partial charge in [0.2, 0.25) is 0 Å². The van der Waals surface area contributed by atoms with Gasteiger partial charge in [-0.15, -0.1) is 0 Å². The van der Waals surface area contributed by atoms with Crippen LogP contribution in [0.4, 0.5) is 0 Å². The molecule has 0 spiro atoms. The number of rotatable bonds is 5. The lowest BCUT2D eigenvalue weighted by Gasteiger charge is -2.19. The number of hydrogen-bond donors (Lipinski definition) is 2. The molecule has 3 rings (SSSR count). The Morgan fingerprint density at radius 2 is 2.10 bits per heavy atom. The molecule has 0 amide bonds. The van der Waals surface area contributed by atoms with Crippen molar-refractivity contribution in [3.05, 3.63) is 48.3 Å². The van der Waals surface area contributed by atoms with Crippen LogP contribution in [0.5, 0.6) is 0 Å². The van der Waals surface area contributed by atoms with Gasteiger partial charge >= 0.3 is 0 Å². The third-order valence-corrected chi connectivity index (χ3v) is 4.17. The van der Waals surface area contributed by atoms with E-state index in [1.54, 1.807) is 6.20 Å². The van der Waals surface area contributed by atoms with E-state index >= 15 is 0 Å². The molecule has 4 nitrogen and oxygen atoms in total. The minimum absolute atomic E-state index is 0.301.